The number of rotatable bonds is 13. The number of carbonyl (C=O) groups is 6. The highest BCUT2D eigenvalue weighted by Crippen LogP contribution is 2.47. The highest BCUT2D eigenvalue weighted by atomic mass is 32.2. The van der Waals surface area contributed by atoms with Crippen LogP contribution in [0, 0.1) is 17.3 Å². The lowest BCUT2D eigenvalue weighted by Crippen LogP contribution is -2.62. The molecule has 1 saturated heterocycles. The van der Waals surface area contributed by atoms with Crippen molar-refractivity contribution in [3.8, 4) is 11.5 Å². The van der Waals surface area contributed by atoms with Crippen LogP contribution in [0.2, 0.25) is 0 Å². The number of ether oxygens (including phenoxy) is 4. The number of hydrogen-bond donors (Lipinski definition) is 4. The molecule has 18 nitrogen and oxygen atoms in total. The van der Waals surface area contributed by atoms with E-state index in [-0.39, 0.29) is 50.4 Å². The zero-order valence-corrected chi connectivity index (χ0v) is 38.9. The maximum Gasteiger partial charge on any atom is 0.410 e. The minimum Gasteiger partial charge on any atom is -0.490 e. The van der Waals surface area contributed by atoms with Crippen molar-refractivity contribution >= 4 is 45.8 Å². The van der Waals surface area contributed by atoms with Gasteiger partial charge < -0.3 is 39.8 Å². The second-order valence-corrected chi connectivity index (χ2v) is 22.3. The highest BCUT2D eigenvalue weighted by Gasteiger charge is 2.62. The summed E-state index contributed by atoms with van der Waals surface area (Å²) in [6, 6.07) is 0.293. The molecule has 0 aromatic heterocycles. The minimum atomic E-state index is -3.93. The third-order valence-corrected chi connectivity index (χ3v) is 16.2. The van der Waals surface area contributed by atoms with E-state index in [1.807, 2.05) is 19.1 Å². The van der Waals surface area contributed by atoms with Crippen molar-refractivity contribution in [3.63, 3.8) is 0 Å². The van der Waals surface area contributed by atoms with Crippen molar-refractivity contribution in [2.24, 2.45) is 17.3 Å². The molecular formula is C46H66N6O12S. The molecule has 0 spiro atoms. The second-order valence-electron chi connectivity index (χ2n) is 20.3. The molecule has 5 fully saturated rings. The molecule has 1 unspecified atom stereocenters. The number of nitrogens with zero attached hydrogens (tertiary/aromatic N) is 2. The number of hydrogen-bond acceptors (Lipinski definition) is 12. The van der Waals surface area contributed by atoms with E-state index in [0.717, 1.165) is 62.5 Å². The molecule has 4 aliphatic carbocycles. The lowest BCUT2D eigenvalue weighted by atomic mass is 9.82. The normalized spacial score (nSPS) is 26.6. The molecule has 4 N–H and O–H groups in total. The first kappa shape index (κ1) is 46.7. The van der Waals surface area contributed by atoms with Crippen LogP contribution in [-0.4, -0.2) is 115 Å². The first-order valence-electron chi connectivity index (χ1n) is 23.8. The predicted molar refractivity (Wildman–Crippen MR) is 235 cm³/mol. The van der Waals surface area contributed by atoms with Gasteiger partial charge >= 0.3 is 12.2 Å². The number of amides is 6. The zero-order chi connectivity index (χ0) is 46.3. The zero-order valence-electron chi connectivity index (χ0n) is 38.1. The quantitative estimate of drug-likeness (QED) is 0.217. The summed E-state index contributed by atoms with van der Waals surface area (Å²) in [7, 11) is -3.93. The highest BCUT2D eigenvalue weighted by molar-refractivity contribution is 7.91. The van der Waals surface area contributed by atoms with Gasteiger partial charge in [-0.3, -0.25) is 28.8 Å². The van der Waals surface area contributed by atoms with Gasteiger partial charge in [0.1, 0.15) is 35.9 Å². The fraction of sp³-hybridized carbons (Fsp3) is 0.739. The summed E-state index contributed by atoms with van der Waals surface area (Å²) in [5.74, 6) is -2.02. The standard InChI is InChI=1S/C46H66N6O12S/c1-5-30-23-46(30,42(56)50-65(59,60)33-16-17-33)49-39(53)34-22-32(64-44(58)51-24-28-20-35-36(21-29(28)25-51)62-19-11-18-61-35)26-52(34)41(55)38(45(2,3)4)48-40(54)37(27-12-7-6-8-13-27)47-43(57)63-31-14-9-10-15-31/h20-21,27,30-34,37-38H,5-19,22-26H2,1-4H3,(H,47,57)(H,48,54)(H,49,53)(H,50,56)/t30-,32+,34?,37-,38+,46-/m0/s1. The van der Waals surface area contributed by atoms with Crippen LogP contribution in [0.3, 0.4) is 0 Å². The Morgan fingerprint density at radius 3 is 2.05 bits per heavy atom. The topological polar surface area (TPSA) is 228 Å². The molecule has 8 rings (SSSR count). The molecule has 3 heterocycles. The van der Waals surface area contributed by atoms with E-state index in [1.54, 1.807) is 20.8 Å². The summed E-state index contributed by atoms with van der Waals surface area (Å²) in [6.45, 7) is 8.51. The molecule has 358 valence electrons. The molecule has 65 heavy (non-hydrogen) atoms. The van der Waals surface area contributed by atoms with Crippen LogP contribution >= 0.6 is 0 Å². The summed E-state index contributed by atoms with van der Waals surface area (Å²) in [4.78, 5) is 87.8. The van der Waals surface area contributed by atoms with E-state index in [0.29, 0.717) is 56.8 Å². The molecule has 0 radical (unpaired) electrons. The number of nitrogens with one attached hydrogen (secondary N) is 4. The average Bonchev–Trinajstić information content (AvgIpc) is 4.11. The minimum absolute atomic E-state index is 0.126. The Bertz CT molecular complexity index is 2100. The Kier molecular flexibility index (Phi) is 13.5. The number of sulfonamides is 1. The van der Waals surface area contributed by atoms with E-state index >= 15 is 4.79 Å². The number of benzene rings is 1. The SMILES string of the molecule is CC[C@H]1C[C@@]1(NC(=O)C1C[C@@H](OC(=O)N2Cc3cc4c(cc3C2)OCCCO4)CN1C(=O)[C@@H](NC(=O)[C@@H](NC(=O)OC1CCCC1)C1CCCCC1)C(C)(C)C)C(=O)NS(=O)(=O)C1CC1. The molecule has 1 aromatic rings. The molecule has 3 aliphatic heterocycles. The smallest absolute Gasteiger partial charge is 0.410 e. The van der Waals surface area contributed by atoms with E-state index in [9.17, 15) is 32.4 Å². The van der Waals surface area contributed by atoms with Gasteiger partial charge in [0.05, 0.1) is 25.0 Å². The fourth-order valence-corrected chi connectivity index (χ4v) is 11.7. The van der Waals surface area contributed by atoms with Crippen molar-refractivity contribution in [2.75, 3.05) is 19.8 Å². The number of likely N-dealkylation sites (tertiary alicyclic amines) is 1. The van der Waals surface area contributed by atoms with Crippen LogP contribution in [0.1, 0.15) is 135 Å². The van der Waals surface area contributed by atoms with Gasteiger partial charge in [-0.25, -0.2) is 18.0 Å². The Hall–Kier alpha value is -4.81. The van der Waals surface area contributed by atoms with Crippen molar-refractivity contribution in [3.05, 3.63) is 23.3 Å². The van der Waals surface area contributed by atoms with Gasteiger partial charge in [0.15, 0.2) is 11.5 Å². The molecule has 19 heteroatoms. The van der Waals surface area contributed by atoms with Gasteiger partial charge in [-0.1, -0.05) is 53.4 Å². The summed E-state index contributed by atoms with van der Waals surface area (Å²) in [5.41, 5.74) is -0.678. The van der Waals surface area contributed by atoms with Gasteiger partial charge in [0, 0.05) is 25.9 Å². The van der Waals surface area contributed by atoms with Crippen molar-refractivity contribution < 1.29 is 56.1 Å². The van der Waals surface area contributed by atoms with Crippen molar-refractivity contribution in [1.82, 2.24) is 30.5 Å². The maximum atomic E-state index is 15.1. The maximum absolute atomic E-state index is 15.1. The predicted octanol–water partition coefficient (Wildman–Crippen LogP) is 4.31. The monoisotopic (exact) mass is 926 g/mol. The van der Waals surface area contributed by atoms with E-state index in [1.165, 1.54) is 9.80 Å². The van der Waals surface area contributed by atoms with Crippen LogP contribution in [0.5, 0.6) is 11.5 Å². The number of carbonyl (C=O) groups excluding carboxylic acids is 6. The van der Waals surface area contributed by atoms with E-state index in [2.05, 4.69) is 20.7 Å². The van der Waals surface area contributed by atoms with Gasteiger partial charge in [0.25, 0.3) is 5.91 Å². The van der Waals surface area contributed by atoms with Crippen LogP contribution in [-0.2, 0) is 51.8 Å². The van der Waals surface area contributed by atoms with Gasteiger partial charge in [-0.2, -0.15) is 0 Å². The summed E-state index contributed by atoms with van der Waals surface area (Å²) in [5, 5.41) is 8.00. The summed E-state index contributed by atoms with van der Waals surface area (Å²) < 4.78 is 51.5. The first-order chi connectivity index (χ1) is 31.0. The fourth-order valence-electron chi connectivity index (χ4n) is 10.3. The number of alkyl carbamates (subject to hydrolysis) is 1. The Balaban J connectivity index is 1.02. The van der Waals surface area contributed by atoms with Gasteiger partial charge in [0.2, 0.25) is 27.7 Å². The van der Waals surface area contributed by atoms with E-state index in [4.69, 9.17) is 18.9 Å². The molecular weight excluding hydrogens is 861 g/mol. The molecule has 7 aliphatic rings. The largest absolute Gasteiger partial charge is 0.490 e. The van der Waals surface area contributed by atoms with Crippen LogP contribution in [0.25, 0.3) is 0 Å². The van der Waals surface area contributed by atoms with Crippen molar-refractivity contribution in [2.45, 2.75) is 178 Å². The third-order valence-electron chi connectivity index (χ3n) is 14.4. The summed E-state index contributed by atoms with van der Waals surface area (Å²) >= 11 is 0. The molecule has 6 amide bonds. The van der Waals surface area contributed by atoms with Crippen LogP contribution in [0.15, 0.2) is 12.1 Å². The van der Waals surface area contributed by atoms with Gasteiger partial charge in [-0.05, 0) is 98.3 Å². The molecule has 4 saturated carbocycles. The first-order valence-corrected chi connectivity index (χ1v) is 25.3. The number of fused-ring (bicyclic) bond motifs is 2. The summed E-state index contributed by atoms with van der Waals surface area (Å²) in [6.07, 6.45) is 7.35. The van der Waals surface area contributed by atoms with Crippen LogP contribution in [0.4, 0.5) is 9.59 Å². The molecule has 6 atom stereocenters. The average molecular weight is 927 g/mol. The Labute approximate surface area is 381 Å². The van der Waals surface area contributed by atoms with Crippen LogP contribution < -0.4 is 30.1 Å². The van der Waals surface area contributed by atoms with E-state index < -0.39 is 86.3 Å². The molecule has 1 aromatic carbocycles. The second kappa shape index (κ2) is 18.8. The Morgan fingerprint density at radius 2 is 1.46 bits per heavy atom. The lowest BCUT2D eigenvalue weighted by Gasteiger charge is -2.37. The van der Waals surface area contributed by atoms with Crippen molar-refractivity contribution in [1.29, 1.82) is 0 Å². The molecule has 0 bridgehead atoms. The Morgan fingerprint density at radius 1 is 0.831 bits per heavy atom. The lowest BCUT2D eigenvalue weighted by molar-refractivity contribution is -0.145. The van der Waals surface area contributed by atoms with Gasteiger partial charge in [-0.15, -0.1) is 0 Å². The third kappa shape index (κ3) is 10.4.